The van der Waals surface area contributed by atoms with Crippen LogP contribution in [0, 0.1) is 11.6 Å². The zero-order chi connectivity index (χ0) is 20.9. The predicted octanol–water partition coefficient (Wildman–Crippen LogP) is 7.28. The molecule has 0 radical (unpaired) electrons. The average Bonchev–Trinajstić information content (AvgIpc) is 2.74. The maximum atomic E-state index is 14.5. The van der Waals surface area contributed by atoms with Crippen molar-refractivity contribution < 1.29 is 13.5 Å². The molecule has 0 bridgehead atoms. The van der Waals surface area contributed by atoms with Gasteiger partial charge in [-0.1, -0.05) is 65.2 Å². The first-order chi connectivity index (χ1) is 14.2. The summed E-state index contributed by atoms with van der Waals surface area (Å²) in [6, 6.07) is 2.95. The number of ether oxygens (including phenoxy) is 1. The maximum absolute atomic E-state index is 14.5. The standard InChI is InChI=1S/C24H34F2N2O/c1-3-5-7-9-10-11-13-19-17-27-24(28-18-19)20-14-15-21(23(26)22(20)25)29-16-12-8-6-4-2/h14-15,17-18H,3-13,16H2,1-2H3. The van der Waals surface area contributed by atoms with Crippen LogP contribution in [-0.4, -0.2) is 16.6 Å². The minimum Gasteiger partial charge on any atom is -0.490 e. The highest BCUT2D eigenvalue weighted by Crippen LogP contribution is 2.28. The average molecular weight is 405 g/mol. The van der Waals surface area contributed by atoms with Gasteiger partial charge in [0, 0.05) is 12.4 Å². The van der Waals surface area contributed by atoms with Gasteiger partial charge in [0.25, 0.3) is 0 Å². The topological polar surface area (TPSA) is 35.0 Å². The molecular formula is C24H34F2N2O. The van der Waals surface area contributed by atoms with E-state index in [1.807, 2.05) is 0 Å². The summed E-state index contributed by atoms with van der Waals surface area (Å²) < 4.78 is 34.2. The first-order valence-electron chi connectivity index (χ1n) is 11.1. The number of hydrogen-bond donors (Lipinski definition) is 0. The lowest BCUT2D eigenvalue weighted by atomic mass is 10.1. The maximum Gasteiger partial charge on any atom is 0.201 e. The Balaban J connectivity index is 1.90. The van der Waals surface area contributed by atoms with Crippen molar-refractivity contribution in [2.45, 2.75) is 84.5 Å². The van der Waals surface area contributed by atoms with Crippen molar-refractivity contribution >= 4 is 0 Å². The summed E-state index contributed by atoms with van der Waals surface area (Å²) in [5, 5.41) is 0. The number of benzene rings is 1. The third-order valence-electron chi connectivity index (χ3n) is 5.07. The smallest absolute Gasteiger partial charge is 0.201 e. The van der Waals surface area contributed by atoms with Crippen LogP contribution in [0.1, 0.15) is 83.6 Å². The fourth-order valence-corrected chi connectivity index (χ4v) is 3.26. The van der Waals surface area contributed by atoms with Crippen molar-refractivity contribution in [1.29, 1.82) is 0 Å². The second kappa shape index (κ2) is 13.2. The van der Waals surface area contributed by atoms with Crippen molar-refractivity contribution in [3.63, 3.8) is 0 Å². The van der Waals surface area contributed by atoms with E-state index in [4.69, 9.17) is 4.74 Å². The summed E-state index contributed by atoms with van der Waals surface area (Å²) in [5.74, 6) is -1.79. The number of hydrogen-bond acceptors (Lipinski definition) is 3. The van der Waals surface area contributed by atoms with Gasteiger partial charge in [0.05, 0.1) is 12.2 Å². The van der Waals surface area contributed by atoms with Gasteiger partial charge in [0.2, 0.25) is 5.82 Å². The summed E-state index contributed by atoms with van der Waals surface area (Å²) in [5.41, 5.74) is 1.09. The highest BCUT2D eigenvalue weighted by molar-refractivity contribution is 5.57. The lowest BCUT2D eigenvalue weighted by Crippen LogP contribution is -2.03. The number of halogens is 2. The molecule has 29 heavy (non-hydrogen) atoms. The van der Waals surface area contributed by atoms with Crippen LogP contribution in [-0.2, 0) is 6.42 Å². The van der Waals surface area contributed by atoms with Crippen LogP contribution in [0.2, 0.25) is 0 Å². The van der Waals surface area contributed by atoms with Crippen LogP contribution in [0.5, 0.6) is 5.75 Å². The molecule has 1 aromatic heterocycles. The van der Waals surface area contributed by atoms with Crippen LogP contribution in [0.3, 0.4) is 0 Å². The van der Waals surface area contributed by atoms with Crippen LogP contribution >= 0.6 is 0 Å². The molecule has 0 aliphatic carbocycles. The Hall–Kier alpha value is -2.04. The second-order valence-electron chi connectivity index (χ2n) is 7.58. The number of aromatic nitrogens is 2. The molecule has 0 atom stereocenters. The predicted molar refractivity (Wildman–Crippen MR) is 114 cm³/mol. The van der Waals surface area contributed by atoms with Crippen molar-refractivity contribution in [2.75, 3.05) is 6.61 Å². The molecule has 0 amide bonds. The summed E-state index contributed by atoms with van der Waals surface area (Å²) in [6.45, 7) is 4.72. The molecule has 1 aromatic carbocycles. The SMILES string of the molecule is CCCCCCCCc1cnc(-c2ccc(OCCCCCC)c(F)c2F)nc1. The molecule has 0 saturated heterocycles. The van der Waals surface area contributed by atoms with E-state index in [9.17, 15) is 8.78 Å². The van der Waals surface area contributed by atoms with E-state index in [0.29, 0.717) is 6.61 Å². The molecule has 5 heteroatoms. The molecule has 0 unspecified atom stereocenters. The van der Waals surface area contributed by atoms with Crippen molar-refractivity contribution in [2.24, 2.45) is 0 Å². The van der Waals surface area contributed by atoms with Gasteiger partial charge in [0.1, 0.15) is 0 Å². The first-order valence-corrected chi connectivity index (χ1v) is 11.1. The highest BCUT2D eigenvalue weighted by Gasteiger charge is 2.17. The minimum atomic E-state index is -0.974. The zero-order valence-corrected chi connectivity index (χ0v) is 17.9. The molecule has 1 heterocycles. The summed E-state index contributed by atoms with van der Waals surface area (Å²) in [6.07, 6.45) is 15.8. The van der Waals surface area contributed by atoms with Gasteiger partial charge in [0.15, 0.2) is 17.4 Å². The number of aryl methyl sites for hydroxylation is 1. The first kappa shape index (κ1) is 23.2. The molecule has 0 N–H and O–H groups in total. The van der Waals surface area contributed by atoms with Gasteiger partial charge in [-0.3, -0.25) is 0 Å². The summed E-state index contributed by atoms with van der Waals surface area (Å²) in [4.78, 5) is 8.49. The van der Waals surface area contributed by atoms with Gasteiger partial charge in [-0.05, 0) is 37.0 Å². The van der Waals surface area contributed by atoms with E-state index < -0.39 is 11.6 Å². The molecular weight excluding hydrogens is 370 g/mol. The van der Waals surface area contributed by atoms with E-state index in [1.165, 1.54) is 44.2 Å². The molecule has 2 aromatic rings. The van der Waals surface area contributed by atoms with Gasteiger partial charge in [-0.25, -0.2) is 14.4 Å². The van der Waals surface area contributed by atoms with Gasteiger partial charge >= 0.3 is 0 Å². The Labute approximate surface area is 173 Å². The molecule has 3 nitrogen and oxygen atoms in total. The lowest BCUT2D eigenvalue weighted by molar-refractivity contribution is 0.285. The Kier molecular flexibility index (Phi) is 10.6. The monoisotopic (exact) mass is 404 g/mol. The molecule has 0 aliphatic heterocycles. The molecule has 0 aliphatic rings. The fourth-order valence-electron chi connectivity index (χ4n) is 3.26. The van der Waals surface area contributed by atoms with Gasteiger partial charge in [-0.15, -0.1) is 0 Å². The van der Waals surface area contributed by atoms with Crippen LogP contribution in [0.25, 0.3) is 11.4 Å². The highest BCUT2D eigenvalue weighted by atomic mass is 19.2. The molecule has 0 fully saturated rings. The molecule has 0 saturated carbocycles. The Morgan fingerprint density at radius 1 is 0.759 bits per heavy atom. The van der Waals surface area contributed by atoms with Crippen molar-refractivity contribution in [3.8, 4) is 17.1 Å². The fraction of sp³-hybridized carbons (Fsp3) is 0.583. The van der Waals surface area contributed by atoms with E-state index in [2.05, 4.69) is 23.8 Å². The van der Waals surface area contributed by atoms with Crippen molar-refractivity contribution in [1.82, 2.24) is 9.97 Å². The van der Waals surface area contributed by atoms with Gasteiger partial charge < -0.3 is 4.74 Å². The second-order valence-corrected chi connectivity index (χ2v) is 7.58. The van der Waals surface area contributed by atoms with E-state index >= 15 is 0 Å². The Bertz CT molecular complexity index is 720. The van der Waals surface area contributed by atoms with E-state index in [0.717, 1.165) is 44.1 Å². The van der Waals surface area contributed by atoms with Crippen molar-refractivity contribution in [3.05, 3.63) is 41.7 Å². The normalized spacial score (nSPS) is 11.0. The van der Waals surface area contributed by atoms with E-state index in [1.54, 1.807) is 12.4 Å². The van der Waals surface area contributed by atoms with Crippen LogP contribution in [0.4, 0.5) is 8.78 Å². The van der Waals surface area contributed by atoms with Gasteiger partial charge in [-0.2, -0.15) is 4.39 Å². The molecule has 0 spiro atoms. The van der Waals surface area contributed by atoms with Crippen LogP contribution in [0.15, 0.2) is 24.5 Å². The Morgan fingerprint density at radius 3 is 2.07 bits per heavy atom. The lowest BCUT2D eigenvalue weighted by Gasteiger charge is -2.10. The minimum absolute atomic E-state index is 0.0533. The largest absolute Gasteiger partial charge is 0.490 e. The van der Waals surface area contributed by atoms with Crippen LogP contribution < -0.4 is 4.74 Å². The number of nitrogens with zero attached hydrogens (tertiary/aromatic N) is 2. The zero-order valence-electron chi connectivity index (χ0n) is 17.9. The molecule has 160 valence electrons. The third-order valence-corrected chi connectivity index (χ3v) is 5.07. The third kappa shape index (κ3) is 7.71. The quantitative estimate of drug-likeness (QED) is 0.310. The molecule has 2 rings (SSSR count). The number of rotatable bonds is 14. The summed E-state index contributed by atoms with van der Waals surface area (Å²) >= 11 is 0. The number of unbranched alkanes of at least 4 members (excludes halogenated alkanes) is 8. The van der Waals surface area contributed by atoms with E-state index in [-0.39, 0.29) is 17.1 Å². The summed E-state index contributed by atoms with van der Waals surface area (Å²) in [7, 11) is 0. The Morgan fingerprint density at radius 2 is 1.38 bits per heavy atom.